The summed E-state index contributed by atoms with van der Waals surface area (Å²) in [6.07, 6.45) is 5.77. The van der Waals surface area contributed by atoms with Gasteiger partial charge >= 0.3 is 0 Å². The summed E-state index contributed by atoms with van der Waals surface area (Å²) >= 11 is 6.00. The molecule has 23 heavy (non-hydrogen) atoms. The van der Waals surface area contributed by atoms with Gasteiger partial charge in [-0.3, -0.25) is 9.79 Å². The summed E-state index contributed by atoms with van der Waals surface area (Å²) in [6.45, 7) is 5.69. The fraction of sp³-hybridized carbons (Fsp3) is 0.444. The van der Waals surface area contributed by atoms with Gasteiger partial charge in [0.15, 0.2) is 0 Å². The zero-order valence-corrected chi connectivity index (χ0v) is 14.4. The van der Waals surface area contributed by atoms with E-state index in [0.717, 1.165) is 32.2 Å². The van der Waals surface area contributed by atoms with Crippen LogP contribution in [0, 0.1) is 0 Å². The summed E-state index contributed by atoms with van der Waals surface area (Å²) in [4.78, 5) is 17.1. The third kappa shape index (κ3) is 4.58. The van der Waals surface area contributed by atoms with Crippen molar-refractivity contribution in [1.29, 1.82) is 0 Å². The van der Waals surface area contributed by atoms with Gasteiger partial charge in [-0.1, -0.05) is 38.3 Å². The van der Waals surface area contributed by atoms with E-state index in [1.807, 2.05) is 0 Å². The first-order chi connectivity index (χ1) is 11.2. The average molecular weight is 335 g/mol. The Kier molecular flexibility index (Phi) is 6.66. The molecule has 0 atom stereocenters. The smallest absolute Gasteiger partial charge is 0.206 e. The Balaban J connectivity index is 2.44. The molecule has 2 rings (SSSR count). The largest absolute Gasteiger partial charge is 0.440 e. The van der Waals surface area contributed by atoms with Gasteiger partial charge in [-0.2, -0.15) is 0 Å². The molecule has 1 N–H and O–H groups in total. The van der Waals surface area contributed by atoms with E-state index >= 15 is 0 Å². The van der Waals surface area contributed by atoms with Gasteiger partial charge in [-0.15, -0.1) is 0 Å². The molecular weight excluding hydrogens is 312 g/mol. The van der Waals surface area contributed by atoms with Gasteiger partial charge < -0.3 is 9.73 Å². The first-order valence-electron chi connectivity index (χ1n) is 8.17. The van der Waals surface area contributed by atoms with Crippen LogP contribution in [0.4, 0.5) is 5.88 Å². The molecule has 0 unspecified atom stereocenters. The zero-order chi connectivity index (χ0) is 16.7. The van der Waals surface area contributed by atoms with Crippen LogP contribution in [0.1, 0.15) is 45.1 Å². The molecule has 1 aromatic carbocycles. The standard InChI is InChI=1S/C18H23ClN2O2/c1-3-5-9-20-12-15-17(22)14-11-13(19)7-8-16(14)23-18(15)21-10-6-4-2/h7-8,11-12,21H,3-6,9-10H2,1-2H3. The molecule has 0 aliphatic rings. The van der Waals surface area contributed by atoms with Gasteiger partial charge in [0.05, 0.1) is 5.39 Å². The summed E-state index contributed by atoms with van der Waals surface area (Å²) < 4.78 is 5.87. The van der Waals surface area contributed by atoms with Crippen LogP contribution < -0.4 is 10.7 Å². The minimum Gasteiger partial charge on any atom is -0.440 e. The van der Waals surface area contributed by atoms with Crippen molar-refractivity contribution in [2.24, 2.45) is 4.99 Å². The topological polar surface area (TPSA) is 54.6 Å². The van der Waals surface area contributed by atoms with Crippen molar-refractivity contribution in [3.63, 3.8) is 0 Å². The first-order valence-corrected chi connectivity index (χ1v) is 8.55. The second kappa shape index (κ2) is 8.73. The Morgan fingerprint density at radius 2 is 2.04 bits per heavy atom. The highest BCUT2D eigenvalue weighted by atomic mass is 35.5. The lowest BCUT2D eigenvalue weighted by Crippen LogP contribution is -2.14. The number of rotatable bonds is 8. The normalized spacial score (nSPS) is 11.4. The van der Waals surface area contributed by atoms with Crippen molar-refractivity contribution in [2.75, 3.05) is 18.4 Å². The maximum absolute atomic E-state index is 12.7. The van der Waals surface area contributed by atoms with Gasteiger partial charge in [0, 0.05) is 24.3 Å². The van der Waals surface area contributed by atoms with Crippen LogP contribution in [-0.4, -0.2) is 19.3 Å². The second-order valence-corrected chi connectivity index (χ2v) is 5.92. The number of hydrogen-bond acceptors (Lipinski definition) is 4. The molecule has 0 saturated carbocycles. The number of nitrogens with one attached hydrogen (secondary N) is 1. The number of halogens is 1. The molecule has 1 heterocycles. The molecule has 0 saturated heterocycles. The molecule has 0 amide bonds. The maximum atomic E-state index is 12.7. The Labute approximate surface area is 141 Å². The lowest BCUT2D eigenvalue weighted by Gasteiger charge is -2.09. The number of unbranched alkanes of at least 4 members (excludes halogenated alkanes) is 2. The van der Waals surface area contributed by atoms with E-state index in [4.69, 9.17) is 16.0 Å². The van der Waals surface area contributed by atoms with Crippen LogP contribution in [0.15, 0.2) is 32.4 Å². The van der Waals surface area contributed by atoms with Crippen LogP contribution in [0.2, 0.25) is 5.02 Å². The van der Waals surface area contributed by atoms with E-state index in [-0.39, 0.29) is 5.43 Å². The van der Waals surface area contributed by atoms with Crippen LogP contribution in [0.5, 0.6) is 0 Å². The molecule has 5 heteroatoms. The Morgan fingerprint density at radius 1 is 1.26 bits per heavy atom. The van der Waals surface area contributed by atoms with Crippen molar-refractivity contribution in [3.05, 3.63) is 39.0 Å². The monoisotopic (exact) mass is 334 g/mol. The Bertz CT molecular complexity index is 738. The number of fused-ring (bicyclic) bond motifs is 1. The zero-order valence-electron chi connectivity index (χ0n) is 13.7. The molecule has 0 fully saturated rings. The van der Waals surface area contributed by atoms with E-state index < -0.39 is 0 Å². The van der Waals surface area contributed by atoms with E-state index in [1.54, 1.807) is 24.4 Å². The molecule has 0 bridgehead atoms. The summed E-state index contributed by atoms with van der Waals surface area (Å²) in [6, 6.07) is 5.08. The SMILES string of the molecule is CCCCN=Cc1c(NCCCC)oc2ccc(Cl)cc2c1=O. The number of nitrogens with zero attached hydrogens (tertiary/aromatic N) is 1. The van der Waals surface area contributed by atoms with Gasteiger partial charge in [0.25, 0.3) is 0 Å². The number of aliphatic imine (C=N–C) groups is 1. The van der Waals surface area contributed by atoms with Crippen molar-refractivity contribution in [2.45, 2.75) is 39.5 Å². The number of hydrogen-bond donors (Lipinski definition) is 1. The van der Waals surface area contributed by atoms with Crippen LogP contribution in [0.3, 0.4) is 0 Å². The third-order valence-corrected chi connectivity index (χ3v) is 3.80. The predicted molar refractivity (Wildman–Crippen MR) is 98.3 cm³/mol. The van der Waals surface area contributed by atoms with E-state index in [2.05, 4.69) is 24.2 Å². The highest BCUT2D eigenvalue weighted by Gasteiger charge is 2.13. The molecular formula is C18H23ClN2O2. The van der Waals surface area contributed by atoms with Crippen molar-refractivity contribution in [3.8, 4) is 0 Å². The first kappa shape index (κ1) is 17.5. The molecule has 124 valence electrons. The summed E-state index contributed by atoms with van der Waals surface area (Å²) in [5.41, 5.74) is 0.893. The Hall–Kier alpha value is -1.81. The van der Waals surface area contributed by atoms with Crippen molar-refractivity contribution in [1.82, 2.24) is 0 Å². The highest BCUT2D eigenvalue weighted by molar-refractivity contribution is 6.31. The van der Waals surface area contributed by atoms with Crippen molar-refractivity contribution < 1.29 is 4.42 Å². The number of anilines is 1. The van der Waals surface area contributed by atoms with Crippen molar-refractivity contribution >= 4 is 34.7 Å². The highest BCUT2D eigenvalue weighted by Crippen LogP contribution is 2.22. The fourth-order valence-electron chi connectivity index (χ4n) is 2.21. The molecule has 0 radical (unpaired) electrons. The molecule has 2 aromatic rings. The third-order valence-electron chi connectivity index (χ3n) is 3.56. The van der Waals surface area contributed by atoms with E-state index in [1.165, 1.54) is 0 Å². The van der Waals surface area contributed by atoms with Gasteiger partial charge in [-0.05, 0) is 31.0 Å². The van der Waals surface area contributed by atoms with Crippen LogP contribution in [0.25, 0.3) is 11.0 Å². The molecule has 0 aliphatic carbocycles. The van der Waals surface area contributed by atoms with Gasteiger partial charge in [0.1, 0.15) is 11.1 Å². The summed E-state index contributed by atoms with van der Waals surface area (Å²) in [5.74, 6) is 0.485. The summed E-state index contributed by atoms with van der Waals surface area (Å²) in [7, 11) is 0. The van der Waals surface area contributed by atoms with Gasteiger partial charge in [0.2, 0.25) is 11.3 Å². The Morgan fingerprint density at radius 3 is 2.78 bits per heavy atom. The predicted octanol–water partition coefficient (Wildman–Crippen LogP) is 4.88. The quantitative estimate of drug-likeness (QED) is 0.553. The van der Waals surface area contributed by atoms with Crippen LogP contribution in [-0.2, 0) is 0 Å². The van der Waals surface area contributed by atoms with Gasteiger partial charge in [-0.25, -0.2) is 0 Å². The average Bonchev–Trinajstić information content (AvgIpc) is 2.54. The summed E-state index contributed by atoms with van der Waals surface area (Å²) in [5, 5.41) is 4.21. The molecule has 0 spiro atoms. The van der Waals surface area contributed by atoms with E-state index in [0.29, 0.717) is 34.0 Å². The molecule has 0 aliphatic heterocycles. The second-order valence-electron chi connectivity index (χ2n) is 5.48. The molecule has 4 nitrogen and oxygen atoms in total. The lowest BCUT2D eigenvalue weighted by atomic mass is 10.1. The van der Waals surface area contributed by atoms with E-state index in [9.17, 15) is 4.79 Å². The minimum atomic E-state index is -0.104. The molecule has 1 aromatic heterocycles. The number of benzene rings is 1. The fourth-order valence-corrected chi connectivity index (χ4v) is 2.39. The lowest BCUT2D eigenvalue weighted by molar-refractivity contribution is 0.610. The minimum absolute atomic E-state index is 0.104. The van der Waals surface area contributed by atoms with Crippen LogP contribution >= 0.6 is 11.6 Å². The maximum Gasteiger partial charge on any atom is 0.206 e.